The molecular formula is C22H34BNO4. The van der Waals surface area contributed by atoms with E-state index in [0.717, 1.165) is 37.1 Å². The number of carbonyl (C=O) groups is 1. The summed E-state index contributed by atoms with van der Waals surface area (Å²) < 4.78 is 18.4. The molecule has 2 saturated heterocycles. The Hall–Kier alpha value is -1.53. The predicted molar refractivity (Wildman–Crippen MR) is 112 cm³/mol. The second-order valence-electron chi connectivity index (χ2n) is 9.40. The smallest absolute Gasteiger partial charge is 0.493 e. The summed E-state index contributed by atoms with van der Waals surface area (Å²) in [5, 5.41) is 0. The van der Waals surface area contributed by atoms with E-state index < -0.39 is 0 Å². The number of amides is 1. The standard InChI is InChI=1S/C22H34BNO4/c1-16(2)20(25)24-12-10-17(11-13-24)15-26-19-9-7-8-18(14-19)23-27-21(3,4)22(5,6)28-23/h7-9,14,16-17H,10-13,15H2,1-6H3. The van der Waals surface area contributed by atoms with Crippen LogP contribution in [0.5, 0.6) is 5.75 Å². The van der Waals surface area contributed by atoms with Crippen molar-refractivity contribution >= 4 is 18.5 Å². The number of hydrogen-bond acceptors (Lipinski definition) is 4. The molecule has 2 aliphatic heterocycles. The van der Waals surface area contributed by atoms with Crippen molar-refractivity contribution in [3.8, 4) is 5.75 Å². The van der Waals surface area contributed by atoms with Gasteiger partial charge in [0.15, 0.2) is 0 Å². The van der Waals surface area contributed by atoms with E-state index in [9.17, 15) is 4.79 Å². The van der Waals surface area contributed by atoms with E-state index in [2.05, 4.69) is 27.7 Å². The van der Waals surface area contributed by atoms with Crippen LogP contribution in [0.15, 0.2) is 24.3 Å². The minimum absolute atomic E-state index is 0.0746. The van der Waals surface area contributed by atoms with Gasteiger partial charge < -0.3 is 18.9 Å². The highest BCUT2D eigenvalue weighted by Gasteiger charge is 2.51. The molecule has 3 rings (SSSR count). The molecule has 6 heteroatoms. The molecule has 1 aromatic carbocycles. The Morgan fingerprint density at radius 1 is 1.18 bits per heavy atom. The fourth-order valence-electron chi connectivity index (χ4n) is 3.63. The van der Waals surface area contributed by atoms with E-state index in [1.807, 2.05) is 43.0 Å². The summed E-state index contributed by atoms with van der Waals surface area (Å²) in [6.07, 6.45) is 1.99. The number of rotatable bonds is 5. The Bertz CT molecular complexity index is 680. The lowest BCUT2D eigenvalue weighted by Crippen LogP contribution is -2.41. The molecule has 0 N–H and O–H groups in total. The highest BCUT2D eigenvalue weighted by atomic mass is 16.7. The van der Waals surface area contributed by atoms with Crippen LogP contribution in [-0.2, 0) is 14.1 Å². The Morgan fingerprint density at radius 3 is 2.36 bits per heavy atom. The van der Waals surface area contributed by atoms with Crippen molar-refractivity contribution in [3.63, 3.8) is 0 Å². The van der Waals surface area contributed by atoms with E-state index in [-0.39, 0.29) is 30.1 Å². The number of hydrogen-bond donors (Lipinski definition) is 0. The summed E-state index contributed by atoms with van der Waals surface area (Å²) >= 11 is 0. The lowest BCUT2D eigenvalue weighted by molar-refractivity contribution is -0.136. The van der Waals surface area contributed by atoms with Crippen LogP contribution in [0, 0.1) is 11.8 Å². The van der Waals surface area contributed by atoms with Crippen molar-refractivity contribution < 1.29 is 18.8 Å². The maximum absolute atomic E-state index is 12.1. The maximum Gasteiger partial charge on any atom is 0.494 e. The molecule has 2 heterocycles. The third kappa shape index (κ3) is 4.55. The maximum atomic E-state index is 12.1. The van der Waals surface area contributed by atoms with Gasteiger partial charge in [-0.1, -0.05) is 26.0 Å². The van der Waals surface area contributed by atoms with E-state index in [1.54, 1.807) is 0 Å². The lowest BCUT2D eigenvalue weighted by Gasteiger charge is -2.33. The number of ether oxygens (including phenoxy) is 1. The molecule has 2 aliphatic rings. The van der Waals surface area contributed by atoms with Crippen LogP contribution >= 0.6 is 0 Å². The molecule has 0 unspecified atom stereocenters. The van der Waals surface area contributed by atoms with Gasteiger partial charge in [0.25, 0.3) is 0 Å². The van der Waals surface area contributed by atoms with Gasteiger partial charge in [0.05, 0.1) is 17.8 Å². The largest absolute Gasteiger partial charge is 0.494 e. The molecule has 0 aliphatic carbocycles. The van der Waals surface area contributed by atoms with Crippen LogP contribution in [-0.4, -0.2) is 48.8 Å². The number of benzene rings is 1. The Morgan fingerprint density at radius 2 is 1.79 bits per heavy atom. The molecule has 0 spiro atoms. The molecule has 0 saturated carbocycles. The van der Waals surface area contributed by atoms with Gasteiger partial charge in [-0.3, -0.25) is 4.79 Å². The van der Waals surface area contributed by atoms with Crippen LogP contribution in [0.3, 0.4) is 0 Å². The Labute approximate surface area is 169 Å². The number of likely N-dealkylation sites (tertiary alicyclic amines) is 1. The lowest BCUT2D eigenvalue weighted by atomic mass is 9.79. The Kier molecular flexibility index (Phi) is 6.11. The summed E-state index contributed by atoms with van der Waals surface area (Å²) in [6, 6.07) is 8.00. The van der Waals surface area contributed by atoms with Crippen molar-refractivity contribution in [1.82, 2.24) is 4.90 Å². The van der Waals surface area contributed by atoms with Crippen LogP contribution in [0.4, 0.5) is 0 Å². The third-order valence-electron chi connectivity index (χ3n) is 6.29. The minimum Gasteiger partial charge on any atom is -0.493 e. The second-order valence-corrected chi connectivity index (χ2v) is 9.40. The molecule has 1 amide bonds. The second kappa shape index (κ2) is 8.07. The minimum atomic E-state index is -0.376. The SMILES string of the molecule is CC(C)C(=O)N1CCC(COc2cccc(B3OC(C)(C)C(C)(C)O3)c2)CC1. The van der Waals surface area contributed by atoms with Crippen molar-refractivity contribution in [3.05, 3.63) is 24.3 Å². The van der Waals surface area contributed by atoms with E-state index in [0.29, 0.717) is 12.5 Å². The monoisotopic (exact) mass is 387 g/mol. The van der Waals surface area contributed by atoms with Gasteiger partial charge in [0, 0.05) is 19.0 Å². The topological polar surface area (TPSA) is 48.0 Å². The average Bonchev–Trinajstić information content (AvgIpc) is 2.87. The number of carbonyl (C=O) groups excluding carboxylic acids is 1. The molecule has 5 nitrogen and oxygen atoms in total. The van der Waals surface area contributed by atoms with Crippen LogP contribution in [0.1, 0.15) is 54.4 Å². The fourth-order valence-corrected chi connectivity index (χ4v) is 3.63. The quantitative estimate of drug-likeness (QED) is 0.728. The van der Waals surface area contributed by atoms with Crippen molar-refractivity contribution in [2.24, 2.45) is 11.8 Å². The normalized spacial score (nSPS) is 22.0. The van der Waals surface area contributed by atoms with Crippen LogP contribution in [0.25, 0.3) is 0 Å². The summed E-state index contributed by atoms with van der Waals surface area (Å²) in [4.78, 5) is 14.1. The molecule has 0 radical (unpaired) electrons. The van der Waals surface area contributed by atoms with Crippen molar-refractivity contribution in [1.29, 1.82) is 0 Å². The van der Waals surface area contributed by atoms with Crippen LogP contribution < -0.4 is 10.2 Å². The van der Waals surface area contributed by atoms with Crippen molar-refractivity contribution in [2.75, 3.05) is 19.7 Å². The average molecular weight is 387 g/mol. The fraction of sp³-hybridized carbons (Fsp3) is 0.682. The zero-order valence-electron chi connectivity index (χ0n) is 18.2. The van der Waals surface area contributed by atoms with Gasteiger partial charge >= 0.3 is 7.12 Å². The molecule has 1 aromatic rings. The first-order valence-electron chi connectivity index (χ1n) is 10.5. The van der Waals surface area contributed by atoms with E-state index in [4.69, 9.17) is 14.0 Å². The van der Waals surface area contributed by atoms with Crippen LogP contribution in [0.2, 0.25) is 0 Å². The molecule has 154 valence electrons. The van der Waals surface area contributed by atoms with Gasteiger partial charge in [-0.15, -0.1) is 0 Å². The molecule has 0 aromatic heterocycles. The molecule has 0 atom stereocenters. The third-order valence-corrected chi connectivity index (χ3v) is 6.29. The van der Waals surface area contributed by atoms with Gasteiger partial charge in [-0.2, -0.15) is 0 Å². The van der Waals surface area contributed by atoms with Gasteiger partial charge in [0.2, 0.25) is 5.91 Å². The van der Waals surface area contributed by atoms with Gasteiger partial charge in [0.1, 0.15) is 5.75 Å². The summed E-state index contributed by atoms with van der Waals surface area (Å²) in [6.45, 7) is 14.5. The first-order chi connectivity index (χ1) is 13.1. The van der Waals surface area contributed by atoms with E-state index in [1.165, 1.54) is 0 Å². The first kappa shape index (κ1) is 21.2. The molecule has 2 fully saturated rings. The Balaban J connectivity index is 1.53. The first-order valence-corrected chi connectivity index (χ1v) is 10.5. The molecular weight excluding hydrogens is 353 g/mol. The summed E-state index contributed by atoms with van der Waals surface area (Å²) in [5.74, 6) is 1.66. The number of nitrogens with zero attached hydrogens (tertiary/aromatic N) is 1. The highest BCUT2D eigenvalue weighted by molar-refractivity contribution is 6.62. The zero-order valence-corrected chi connectivity index (χ0v) is 18.2. The molecule has 0 bridgehead atoms. The zero-order chi connectivity index (χ0) is 20.5. The highest BCUT2D eigenvalue weighted by Crippen LogP contribution is 2.36. The van der Waals surface area contributed by atoms with Crippen molar-refractivity contribution in [2.45, 2.75) is 65.6 Å². The summed E-state index contributed by atoms with van der Waals surface area (Å²) in [5.41, 5.74) is 0.278. The van der Waals surface area contributed by atoms with E-state index >= 15 is 0 Å². The van der Waals surface area contributed by atoms with Gasteiger partial charge in [-0.25, -0.2) is 0 Å². The number of piperidine rings is 1. The molecule has 28 heavy (non-hydrogen) atoms. The predicted octanol–water partition coefficient (Wildman–Crippen LogP) is 3.26. The van der Waals surface area contributed by atoms with Gasteiger partial charge in [-0.05, 0) is 64.1 Å². The summed E-state index contributed by atoms with van der Waals surface area (Å²) in [7, 11) is -0.376.